The normalized spacial score (nSPS) is 12.6. The molecular weight excluding hydrogens is 357 g/mol. The van der Waals surface area contributed by atoms with E-state index in [1.54, 1.807) is 0 Å². The summed E-state index contributed by atoms with van der Waals surface area (Å²) < 4.78 is 41.9. The first kappa shape index (κ1) is 15.4. The van der Waals surface area contributed by atoms with Crippen molar-refractivity contribution in [2.45, 2.75) is 13.0 Å². The molecule has 1 nitrogen and oxygen atoms in total. The van der Waals surface area contributed by atoms with Crippen LogP contribution in [0, 0.1) is 24.4 Å². The third-order valence-electron chi connectivity index (χ3n) is 2.95. The van der Waals surface area contributed by atoms with Gasteiger partial charge in [-0.15, -0.1) is 0 Å². The molecule has 0 bridgehead atoms. The van der Waals surface area contributed by atoms with Gasteiger partial charge in [-0.3, -0.25) is 0 Å². The highest BCUT2D eigenvalue weighted by Crippen LogP contribution is 2.35. The maximum absolute atomic E-state index is 14.0. The van der Waals surface area contributed by atoms with Crippen molar-refractivity contribution >= 4 is 27.5 Å². The molecule has 0 saturated carbocycles. The van der Waals surface area contributed by atoms with Gasteiger partial charge in [0.2, 0.25) is 0 Å². The minimum absolute atomic E-state index is 0.157. The van der Waals surface area contributed by atoms with Gasteiger partial charge in [0.15, 0.2) is 0 Å². The second-order valence-electron chi connectivity index (χ2n) is 4.26. The van der Waals surface area contributed by atoms with E-state index in [-0.39, 0.29) is 20.6 Å². The van der Waals surface area contributed by atoms with Crippen LogP contribution in [0.3, 0.4) is 0 Å². The second kappa shape index (κ2) is 5.76. The standard InChI is InChI=1S/C14H9BrClF3O/c1-6-2-5-9(17)10(12(6)18)14(20)7-3-4-8(15)11(16)13(7)19/h2-5,14,20H,1H3. The number of halogens is 5. The monoisotopic (exact) mass is 364 g/mol. The van der Waals surface area contributed by atoms with Gasteiger partial charge in [0.05, 0.1) is 10.6 Å². The summed E-state index contributed by atoms with van der Waals surface area (Å²) in [5, 5.41) is 9.83. The zero-order valence-electron chi connectivity index (χ0n) is 10.2. The molecule has 106 valence electrons. The van der Waals surface area contributed by atoms with E-state index < -0.39 is 29.1 Å². The van der Waals surface area contributed by atoms with Crippen molar-refractivity contribution in [3.8, 4) is 0 Å². The van der Waals surface area contributed by atoms with E-state index in [2.05, 4.69) is 15.9 Å². The van der Waals surface area contributed by atoms with Gasteiger partial charge in [0.1, 0.15) is 23.6 Å². The van der Waals surface area contributed by atoms with Crippen molar-refractivity contribution in [2.75, 3.05) is 0 Å². The molecule has 1 N–H and O–H groups in total. The quantitative estimate of drug-likeness (QED) is 0.750. The third kappa shape index (κ3) is 2.57. The van der Waals surface area contributed by atoms with Crippen LogP contribution in [-0.2, 0) is 0 Å². The Hall–Kier alpha value is -1.04. The molecule has 2 aromatic rings. The minimum atomic E-state index is -1.78. The molecule has 2 aromatic carbocycles. The van der Waals surface area contributed by atoms with E-state index in [1.165, 1.54) is 25.1 Å². The van der Waals surface area contributed by atoms with Gasteiger partial charge < -0.3 is 5.11 Å². The zero-order chi connectivity index (χ0) is 15.0. The molecule has 0 saturated heterocycles. The Bertz CT molecular complexity index is 676. The Morgan fingerprint density at radius 2 is 1.75 bits per heavy atom. The minimum Gasteiger partial charge on any atom is -0.383 e. The molecule has 0 aromatic heterocycles. The highest BCUT2D eigenvalue weighted by Gasteiger charge is 2.25. The predicted octanol–water partition coefficient (Wildman–Crippen LogP) is 4.91. The van der Waals surface area contributed by atoms with Crippen LogP contribution in [0.1, 0.15) is 22.8 Å². The third-order valence-corrected chi connectivity index (χ3v) is 4.21. The van der Waals surface area contributed by atoms with Gasteiger partial charge in [-0.05, 0) is 40.5 Å². The fourth-order valence-corrected chi connectivity index (χ4v) is 2.31. The lowest BCUT2D eigenvalue weighted by molar-refractivity contribution is 0.203. The molecule has 6 heteroatoms. The summed E-state index contributed by atoms with van der Waals surface area (Å²) in [6.07, 6.45) is -1.78. The number of hydrogen-bond donors (Lipinski definition) is 1. The van der Waals surface area contributed by atoms with Crippen molar-refractivity contribution in [2.24, 2.45) is 0 Å². The van der Waals surface area contributed by atoms with E-state index in [9.17, 15) is 18.3 Å². The topological polar surface area (TPSA) is 20.2 Å². The van der Waals surface area contributed by atoms with Crippen LogP contribution in [0.2, 0.25) is 5.02 Å². The number of aliphatic hydroxyl groups excluding tert-OH is 1. The average Bonchev–Trinajstić information content (AvgIpc) is 2.41. The molecule has 0 aliphatic carbocycles. The highest BCUT2D eigenvalue weighted by molar-refractivity contribution is 9.10. The lowest BCUT2D eigenvalue weighted by atomic mass is 9.98. The van der Waals surface area contributed by atoms with E-state index in [1.807, 2.05) is 0 Å². The van der Waals surface area contributed by atoms with Crippen LogP contribution in [0.15, 0.2) is 28.7 Å². The van der Waals surface area contributed by atoms with Crippen LogP contribution < -0.4 is 0 Å². The molecule has 0 fully saturated rings. The Balaban J connectivity index is 2.61. The van der Waals surface area contributed by atoms with E-state index in [0.717, 1.165) is 6.07 Å². The van der Waals surface area contributed by atoms with Crippen molar-refractivity contribution in [1.82, 2.24) is 0 Å². The molecule has 0 aliphatic rings. The smallest absolute Gasteiger partial charge is 0.149 e. The van der Waals surface area contributed by atoms with Gasteiger partial charge in [-0.25, -0.2) is 13.2 Å². The van der Waals surface area contributed by atoms with Crippen LogP contribution in [-0.4, -0.2) is 5.11 Å². The fraction of sp³-hybridized carbons (Fsp3) is 0.143. The molecular formula is C14H9BrClF3O. The van der Waals surface area contributed by atoms with E-state index in [4.69, 9.17) is 11.6 Å². The van der Waals surface area contributed by atoms with Gasteiger partial charge in [-0.2, -0.15) is 0 Å². The van der Waals surface area contributed by atoms with Gasteiger partial charge >= 0.3 is 0 Å². The van der Waals surface area contributed by atoms with E-state index in [0.29, 0.717) is 0 Å². The van der Waals surface area contributed by atoms with Gasteiger partial charge in [-0.1, -0.05) is 23.7 Å². The van der Waals surface area contributed by atoms with Gasteiger partial charge in [0.25, 0.3) is 0 Å². The summed E-state index contributed by atoms with van der Waals surface area (Å²) in [5.74, 6) is -2.77. The molecule has 20 heavy (non-hydrogen) atoms. The molecule has 1 atom stereocenters. The molecule has 0 radical (unpaired) electrons. The van der Waals surface area contributed by atoms with E-state index >= 15 is 0 Å². The summed E-state index contributed by atoms with van der Waals surface area (Å²) in [7, 11) is 0. The number of hydrogen-bond acceptors (Lipinski definition) is 1. The summed E-state index contributed by atoms with van der Waals surface area (Å²) in [6, 6.07) is 4.88. The molecule has 0 amide bonds. The first-order valence-corrected chi connectivity index (χ1v) is 6.77. The molecule has 0 spiro atoms. The maximum Gasteiger partial charge on any atom is 0.149 e. The van der Waals surface area contributed by atoms with Crippen molar-refractivity contribution < 1.29 is 18.3 Å². The van der Waals surface area contributed by atoms with Crippen molar-refractivity contribution in [3.05, 3.63) is 67.9 Å². The van der Waals surface area contributed by atoms with Gasteiger partial charge in [0, 0.05) is 10.0 Å². The summed E-state index contributed by atoms with van der Waals surface area (Å²) in [4.78, 5) is 0. The highest BCUT2D eigenvalue weighted by atomic mass is 79.9. The van der Waals surface area contributed by atoms with Crippen LogP contribution in [0.25, 0.3) is 0 Å². The Morgan fingerprint density at radius 1 is 1.10 bits per heavy atom. The number of benzene rings is 2. The molecule has 2 rings (SSSR count). The van der Waals surface area contributed by atoms with Crippen molar-refractivity contribution in [1.29, 1.82) is 0 Å². The Labute approximate surface area is 127 Å². The second-order valence-corrected chi connectivity index (χ2v) is 5.49. The largest absolute Gasteiger partial charge is 0.383 e. The number of rotatable bonds is 2. The average molecular weight is 366 g/mol. The predicted molar refractivity (Wildman–Crippen MR) is 74.3 cm³/mol. The first-order chi connectivity index (χ1) is 9.34. The van der Waals surface area contributed by atoms with Crippen LogP contribution >= 0.6 is 27.5 Å². The first-order valence-electron chi connectivity index (χ1n) is 5.60. The lowest BCUT2D eigenvalue weighted by Gasteiger charge is -2.16. The van der Waals surface area contributed by atoms with Crippen LogP contribution in [0.5, 0.6) is 0 Å². The molecule has 0 heterocycles. The SMILES string of the molecule is Cc1ccc(F)c(C(O)c2ccc(Br)c(Cl)c2F)c1F. The van der Waals surface area contributed by atoms with Crippen LogP contribution in [0.4, 0.5) is 13.2 Å². The maximum atomic E-state index is 14.0. The Morgan fingerprint density at radius 3 is 2.40 bits per heavy atom. The molecule has 0 aliphatic heterocycles. The number of aliphatic hydroxyl groups is 1. The Kier molecular flexibility index (Phi) is 4.42. The molecule has 1 unspecified atom stereocenters. The summed E-state index contributed by atoms with van der Waals surface area (Å²) in [5.41, 5.74) is -0.729. The fourth-order valence-electron chi connectivity index (χ4n) is 1.84. The number of aryl methyl sites for hydroxylation is 1. The van der Waals surface area contributed by atoms with Crippen molar-refractivity contribution in [3.63, 3.8) is 0 Å². The summed E-state index contributed by atoms with van der Waals surface area (Å²) in [6.45, 7) is 1.43. The summed E-state index contributed by atoms with van der Waals surface area (Å²) >= 11 is 8.73. The zero-order valence-corrected chi connectivity index (χ0v) is 12.6. The lowest BCUT2D eigenvalue weighted by Crippen LogP contribution is -2.09.